The minimum atomic E-state index is -1.06. The van der Waals surface area contributed by atoms with Crippen molar-refractivity contribution >= 4 is 17.5 Å². The van der Waals surface area contributed by atoms with Gasteiger partial charge in [0.15, 0.2) is 17.4 Å². The van der Waals surface area contributed by atoms with E-state index >= 15 is 4.39 Å². The van der Waals surface area contributed by atoms with Crippen LogP contribution in [0.25, 0.3) is 5.95 Å². The average Bonchev–Trinajstić information content (AvgIpc) is 3.33. The van der Waals surface area contributed by atoms with E-state index in [0.29, 0.717) is 23.6 Å². The van der Waals surface area contributed by atoms with E-state index in [9.17, 15) is 9.59 Å². The Morgan fingerprint density at radius 3 is 2.55 bits per heavy atom. The number of nitrogens with two attached hydrogens (primary N) is 1. The summed E-state index contributed by atoms with van der Waals surface area (Å²) in [6.45, 7) is 3.14. The second-order valence-electron chi connectivity index (χ2n) is 8.29. The number of anilines is 1. The van der Waals surface area contributed by atoms with Crippen molar-refractivity contribution in [2.45, 2.75) is 19.9 Å². The fourth-order valence-electron chi connectivity index (χ4n) is 3.71. The molecule has 2 aromatic heterocycles. The molecule has 0 aliphatic heterocycles. The van der Waals surface area contributed by atoms with Gasteiger partial charge in [-0.1, -0.05) is 0 Å². The largest absolute Gasteiger partial charge is 0.494 e. The van der Waals surface area contributed by atoms with Gasteiger partial charge in [-0.3, -0.25) is 15.2 Å². The van der Waals surface area contributed by atoms with E-state index in [4.69, 9.17) is 25.4 Å². The molecule has 0 fully saturated rings. The molecule has 4 aromatic rings. The van der Waals surface area contributed by atoms with Gasteiger partial charge in [0.05, 0.1) is 6.61 Å². The molecule has 2 heterocycles. The highest BCUT2D eigenvalue weighted by Crippen LogP contribution is 2.35. The Morgan fingerprint density at radius 2 is 1.90 bits per heavy atom. The first-order chi connectivity index (χ1) is 19.3. The predicted molar refractivity (Wildman–Crippen MR) is 142 cm³/mol. The summed E-state index contributed by atoms with van der Waals surface area (Å²) in [4.78, 5) is 34.7. The predicted octanol–water partition coefficient (Wildman–Crippen LogP) is 2.32. The summed E-state index contributed by atoms with van der Waals surface area (Å²) in [5, 5.41) is 15.1. The fourth-order valence-corrected chi connectivity index (χ4v) is 3.71. The molecule has 0 amide bonds. The van der Waals surface area contributed by atoms with Crippen LogP contribution in [0, 0.1) is 11.2 Å². The zero-order valence-corrected chi connectivity index (χ0v) is 21.7. The molecule has 0 aliphatic rings. The molecule has 2 aromatic carbocycles. The lowest BCUT2D eigenvalue weighted by molar-refractivity contribution is -0.141. The highest BCUT2D eigenvalue weighted by molar-refractivity contribution is 5.95. The summed E-state index contributed by atoms with van der Waals surface area (Å²) >= 11 is 0. The standard InChI is InChI=1S/C26H27FN8O5/c1-3-38-18-13-19(21(27)20(14-18)40-12-11-39-15(2)36)22(32-17-7-5-16(6-8-17)23(28)29)24-33-26(37)35(34-24)25-30-9-4-10-31-25/h4-10,13-14,22,32H,3,11-12H2,1-2H3,(H3,28,29)(H,33,34,37). The van der Waals surface area contributed by atoms with Crippen LogP contribution in [-0.4, -0.2) is 56.4 Å². The number of nitrogen functional groups attached to an aromatic ring is 1. The molecule has 40 heavy (non-hydrogen) atoms. The molecule has 13 nitrogen and oxygen atoms in total. The van der Waals surface area contributed by atoms with Crippen molar-refractivity contribution in [2.75, 3.05) is 25.1 Å². The molecular weight excluding hydrogens is 523 g/mol. The lowest BCUT2D eigenvalue weighted by Gasteiger charge is -2.21. The lowest BCUT2D eigenvalue weighted by atomic mass is 10.0. The zero-order chi connectivity index (χ0) is 28.6. The molecule has 4 rings (SSSR count). The summed E-state index contributed by atoms with van der Waals surface area (Å²) in [7, 11) is 0. The first kappa shape index (κ1) is 27.8. The van der Waals surface area contributed by atoms with Gasteiger partial charge in [0.1, 0.15) is 30.8 Å². The van der Waals surface area contributed by atoms with Crippen molar-refractivity contribution in [3.05, 3.63) is 88.1 Å². The van der Waals surface area contributed by atoms with Crippen molar-refractivity contribution in [3.63, 3.8) is 0 Å². The van der Waals surface area contributed by atoms with Gasteiger partial charge < -0.3 is 25.3 Å². The molecule has 0 aliphatic carbocycles. The Kier molecular flexibility index (Phi) is 8.69. The van der Waals surface area contributed by atoms with Gasteiger partial charge in [0.2, 0.25) is 0 Å². The van der Waals surface area contributed by atoms with E-state index in [-0.39, 0.29) is 42.1 Å². The SMILES string of the molecule is CCOc1cc(OCCOC(C)=O)c(F)c(C(Nc2ccc(C(=N)N)cc2)c2nn(-c3ncccn3)c(=O)[nH]2)c1. The molecule has 0 radical (unpaired) electrons. The Hall–Kier alpha value is -5.27. The molecule has 1 unspecified atom stereocenters. The van der Waals surface area contributed by atoms with Crippen molar-refractivity contribution in [1.82, 2.24) is 24.7 Å². The third kappa shape index (κ3) is 6.59. The van der Waals surface area contributed by atoms with Crippen LogP contribution in [0.4, 0.5) is 10.1 Å². The van der Waals surface area contributed by atoms with Crippen LogP contribution in [0.3, 0.4) is 0 Å². The number of carbonyl (C=O) groups is 1. The zero-order valence-electron chi connectivity index (χ0n) is 21.7. The smallest absolute Gasteiger partial charge is 0.350 e. The van der Waals surface area contributed by atoms with E-state index in [1.54, 1.807) is 37.3 Å². The van der Waals surface area contributed by atoms with Crippen LogP contribution >= 0.6 is 0 Å². The van der Waals surface area contributed by atoms with Gasteiger partial charge in [-0.05, 0) is 43.3 Å². The van der Waals surface area contributed by atoms with E-state index in [1.807, 2.05) is 0 Å². The number of nitrogens with zero attached hydrogens (tertiary/aromatic N) is 4. The normalized spacial score (nSPS) is 11.5. The Morgan fingerprint density at radius 1 is 1.18 bits per heavy atom. The van der Waals surface area contributed by atoms with Crippen molar-refractivity contribution in [1.29, 1.82) is 5.41 Å². The van der Waals surface area contributed by atoms with Crippen LogP contribution in [-0.2, 0) is 9.53 Å². The minimum Gasteiger partial charge on any atom is -0.494 e. The number of H-pyrrole nitrogens is 1. The van der Waals surface area contributed by atoms with Crippen molar-refractivity contribution < 1.29 is 23.4 Å². The molecule has 5 N–H and O–H groups in total. The number of amidine groups is 1. The number of carbonyl (C=O) groups excluding carboxylic acids is 1. The average molecular weight is 551 g/mol. The van der Waals surface area contributed by atoms with E-state index in [1.165, 1.54) is 31.5 Å². The first-order valence-electron chi connectivity index (χ1n) is 12.2. The summed E-state index contributed by atoms with van der Waals surface area (Å²) in [6.07, 6.45) is 2.92. The van der Waals surface area contributed by atoms with Gasteiger partial charge in [-0.25, -0.2) is 19.2 Å². The molecule has 0 saturated heterocycles. The molecule has 208 valence electrons. The van der Waals surface area contributed by atoms with E-state index < -0.39 is 23.5 Å². The monoisotopic (exact) mass is 550 g/mol. The molecule has 1 atom stereocenters. The first-order valence-corrected chi connectivity index (χ1v) is 12.2. The highest BCUT2D eigenvalue weighted by Gasteiger charge is 2.27. The summed E-state index contributed by atoms with van der Waals surface area (Å²) < 4.78 is 33.1. The van der Waals surface area contributed by atoms with Crippen LogP contribution < -0.4 is 26.2 Å². The molecule has 14 heteroatoms. The highest BCUT2D eigenvalue weighted by atomic mass is 19.1. The molecule has 0 spiro atoms. The van der Waals surface area contributed by atoms with Crippen LogP contribution in [0.2, 0.25) is 0 Å². The number of aromatic nitrogens is 5. The number of hydrogen-bond donors (Lipinski definition) is 4. The van der Waals surface area contributed by atoms with Crippen LogP contribution in [0.15, 0.2) is 59.7 Å². The van der Waals surface area contributed by atoms with Crippen LogP contribution in [0.5, 0.6) is 11.5 Å². The maximum absolute atomic E-state index is 16.0. The number of esters is 1. The number of halogens is 1. The van der Waals surface area contributed by atoms with Gasteiger partial charge >= 0.3 is 11.7 Å². The number of aromatic amines is 1. The number of ether oxygens (including phenoxy) is 3. The Bertz CT molecular complexity index is 1540. The Labute approximate surface area is 227 Å². The van der Waals surface area contributed by atoms with Gasteiger partial charge in [0.25, 0.3) is 5.95 Å². The number of hydrogen-bond acceptors (Lipinski definition) is 10. The van der Waals surface area contributed by atoms with E-state index in [0.717, 1.165) is 4.68 Å². The van der Waals surface area contributed by atoms with Crippen molar-refractivity contribution in [2.24, 2.45) is 5.73 Å². The lowest BCUT2D eigenvalue weighted by Crippen LogP contribution is -2.18. The third-order valence-corrected chi connectivity index (χ3v) is 5.47. The number of nitrogens with one attached hydrogen (secondary N) is 3. The second-order valence-corrected chi connectivity index (χ2v) is 8.29. The molecule has 0 bridgehead atoms. The van der Waals surface area contributed by atoms with E-state index in [2.05, 4.69) is 25.4 Å². The van der Waals surface area contributed by atoms with Gasteiger partial charge in [0, 0.05) is 42.2 Å². The quantitative estimate of drug-likeness (QED) is 0.0883. The fraction of sp³-hybridized carbons (Fsp3) is 0.231. The maximum Gasteiger partial charge on any atom is 0.350 e. The number of benzene rings is 2. The Balaban J connectivity index is 1.79. The van der Waals surface area contributed by atoms with Gasteiger partial charge in [-0.15, -0.1) is 9.78 Å². The van der Waals surface area contributed by atoms with Crippen molar-refractivity contribution in [3.8, 4) is 17.4 Å². The summed E-state index contributed by atoms with van der Waals surface area (Å²) in [6, 6.07) is 9.93. The number of rotatable bonds is 12. The molecular formula is C26H27FN8O5. The molecule has 0 saturated carbocycles. The summed E-state index contributed by atoms with van der Waals surface area (Å²) in [5.74, 6) is -1.14. The maximum atomic E-state index is 16.0. The second kappa shape index (κ2) is 12.5. The van der Waals surface area contributed by atoms with Gasteiger partial charge in [-0.2, -0.15) is 0 Å². The third-order valence-electron chi connectivity index (χ3n) is 5.47. The van der Waals surface area contributed by atoms with Crippen LogP contribution in [0.1, 0.15) is 36.8 Å². The minimum absolute atomic E-state index is 0.0255. The topological polar surface area (TPSA) is 183 Å². The summed E-state index contributed by atoms with van der Waals surface area (Å²) in [5.41, 5.74) is 5.97.